The van der Waals surface area contributed by atoms with Crippen molar-refractivity contribution in [3.63, 3.8) is 0 Å². The molecule has 0 spiro atoms. The first-order valence-electron chi connectivity index (χ1n) is 11.5. The van der Waals surface area contributed by atoms with Gasteiger partial charge in [-0.05, 0) is 37.0 Å². The minimum atomic E-state index is -5.08. The molecule has 2 unspecified atom stereocenters. The molecule has 17 heteroatoms. The van der Waals surface area contributed by atoms with E-state index >= 15 is 0 Å². The van der Waals surface area contributed by atoms with Gasteiger partial charge in [-0.1, -0.05) is 0 Å². The Morgan fingerprint density at radius 1 is 1.05 bits per heavy atom. The summed E-state index contributed by atoms with van der Waals surface area (Å²) in [6.45, 7) is 3.56. The lowest BCUT2D eigenvalue weighted by Gasteiger charge is -2.50. The zero-order valence-electron chi connectivity index (χ0n) is 20.7. The molecule has 2 atom stereocenters. The Labute approximate surface area is 222 Å². The standard InChI is InChI=1S/C19H23FN4O2.2C2HF3O2/c20-16-10-22-18(23-11-16)24-8-4-17-19(13-24,5-1-9-26-17)14-25-12-15-2-6-21-7-3-15;2*3-2(4,5)1(6)7/h2-3,6-7,10-11,17H,1,4-5,8-9,12-14H2;2*(H,6,7). The summed E-state index contributed by atoms with van der Waals surface area (Å²) in [6.07, 6.45) is -1.02. The Hall–Kier alpha value is -3.60. The summed E-state index contributed by atoms with van der Waals surface area (Å²) in [5.74, 6) is -5.36. The van der Waals surface area contributed by atoms with Crippen LogP contribution in [0.15, 0.2) is 36.9 Å². The summed E-state index contributed by atoms with van der Waals surface area (Å²) in [5, 5.41) is 14.2. The summed E-state index contributed by atoms with van der Waals surface area (Å²) < 4.78 is 88.8. The van der Waals surface area contributed by atoms with Crippen LogP contribution in [0, 0.1) is 11.2 Å². The fourth-order valence-electron chi connectivity index (χ4n) is 3.99. The van der Waals surface area contributed by atoms with Gasteiger partial charge < -0.3 is 24.6 Å². The van der Waals surface area contributed by atoms with Gasteiger partial charge in [0.15, 0.2) is 5.82 Å². The number of anilines is 1. The van der Waals surface area contributed by atoms with Gasteiger partial charge in [0.2, 0.25) is 5.95 Å². The van der Waals surface area contributed by atoms with Gasteiger partial charge in [0.25, 0.3) is 0 Å². The number of carboxylic acid groups (broad SMARTS) is 2. The van der Waals surface area contributed by atoms with Crippen LogP contribution < -0.4 is 4.90 Å². The lowest BCUT2D eigenvalue weighted by molar-refractivity contribution is -0.193. The fourth-order valence-corrected chi connectivity index (χ4v) is 3.99. The molecule has 2 aromatic rings. The van der Waals surface area contributed by atoms with Crippen LogP contribution in [-0.2, 0) is 25.7 Å². The highest BCUT2D eigenvalue weighted by atomic mass is 19.4. The van der Waals surface area contributed by atoms with E-state index < -0.39 is 30.1 Å². The second kappa shape index (κ2) is 14.2. The number of fused-ring (bicyclic) bond motifs is 1. The van der Waals surface area contributed by atoms with Crippen molar-refractivity contribution in [2.24, 2.45) is 5.41 Å². The van der Waals surface area contributed by atoms with E-state index in [1.54, 1.807) is 12.4 Å². The van der Waals surface area contributed by atoms with Gasteiger partial charge in [-0.25, -0.2) is 23.9 Å². The maximum absolute atomic E-state index is 13.1. The second-order valence-corrected chi connectivity index (χ2v) is 8.69. The Morgan fingerprint density at radius 2 is 1.60 bits per heavy atom. The number of hydrogen-bond donors (Lipinski definition) is 2. The fraction of sp³-hybridized carbons (Fsp3) is 0.522. The Bertz CT molecular complexity index is 1070. The molecule has 222 valence electrons. The first-order chi connectivity index (χ1) is 18.6. The van der Waals surface area contributed by atoms with Crippen LogP contribution in [0.1, 0.15) is 24.8 Å². The highest BCUT2D eigenvalue weighted by Crippen LogP contribution is 2.41. The summed E-state index contributed by atoms with van der Waals surface area (Å²) in [4.78, 5) is 32.3. The van der Waals surface area contributed by atoms with Crippen molar-refractivity contribution in [1.29, 1.82) is 0 Å². The SMILES string of the molecule is Fc1cnc(N2CCC3OCCCC3(COCc3ccncc3)C2)nc1.O=C(O)C(F)(F)F.O=C(O)C(F)(F)F. The van der Waals surface area contributed by atoms with Gasteiger partial charge >= 0.3 is 24.3 Å². The summed E-state index contributed by atoms with van der Waals surface area (Å²) >= 11 is 0. The molecule has 2 aromatic heterocycles. The largest absolute Gasteiger partial charge is 0.490 e. The number of alkyl halides is 6. The van der Waals surface area contributed by atoms with E-state index in [2.05, 4.69) is 19.9 Å². The van der Waals surface area contributed by atoms with Gasteiger partial charge in [-0.3, -0.25) is 4.98 Å². The molecule has 2 aliphatic rings. The number of ether oxygens (including phenoxy) is 2. The average molecular weight is 586 g/mol. The van der Waals surface area contributed by atoms with E-state index in [1.165, 1.54) is 12.4 Å². The molecule has 40 heavy (non-hydrogen) atoms. The first-order valence-corrected chi connectivity index (χ1v) is 11.5. The summed E-state index contributed by atoms with van der Waals surface area (Å²) in [7, 11) is 0. The van der Waals surface area contributed by atoms with E-state index in [9.17, 15) is 30.7 Å². The molecule has 4 rings (SSSR count). The third-order valence-electron chi connectivity index (χ3n) is 5.77. The molecule has 4 heterocycles. The van der Waals surface area contributed by atoms with E-state index in [0.29, 0.717) is 19.2 Å². The zero-order chi connectivity index (χ0) is 30.0. The van der Waals surface area contributed by atoms with Crippen LogP contribution >= 0.6 is 0 Å². The number of carbonyl (C=O) groups is 2. The van der Waals surface area contributed by atoms with E-state index in [4.69, 9.17) is 29.3 Å². The molecule has 2 saturated heterocycles. The van der Waals surface area contributed by atoms with Crippen LogP contribution in [0.3, 0.4) is 0 Å². The average Bonchev–Trinajstić information content (AvgIpc) is 2.89. The number of carboxylic acids is 2. The molecule has 0 aromatic carbocycles. The molecular formula is C23H25F7N4O6. The van der Waals surface area contributed by atoms with Crippen molar-refractivity contribution in [2.45, 2.75) is 44.3 Å². The van der Waals surface area contributed by atoms with Crippen LogP contribution in [0.2, 0.25) is 0 Å². The molecule has 0 saturated carbocycles. The first kappa shape index (κ1) is 32.6. The number of aromatic nitrogens is 3. The number of hydrogen-bond acceptors (Lipinski definition) is 8. The second-order valence-electron chi connectivity index (χ2n) is 8.69. The number of aliphatic carboxylic acids is 2. The Morgan fingerprint density at radius 3 is 2.12 bits per heavy atom. The number of halogens is 7. The van der Waals surface area contributed by atoms with Crippen LogP contribution in [0.25, 0.3) is 0 Å². The summed E-state index contributed by atoms with van der Waals surface area (Å²) in [6, 6.07) is 3.93. The molecule has 2 aliphatic heterocycles. The van der Waals surface area contributed by atoms with Crippen molar-refractivity contribution < 1.29 is 60.0 Å². The molecule has 0 aliphatic carbocycles. The number of rotatable bonds is 5. The van der Waals surface area contributed by atoms with Gasteiger partial charge in [0, 0.05) is 37.5 Å². The Kier molecular flexibility index (Phi) is 11.5. The normalized spacial score (nSPS) is 20.7. The minimum absolute atomic E-state index is 0.0821. The predicted molar refractivity (Wildman–Crippen MR) is 122 cm³/mol. The lowest BCUT2D eigenvalue weighted by atomic mass is 9.73. The van der Waals surface area contributed by atoms with Crippen LogP contribution in [0.5, 0.6) is 0 Å². The smallest absolute Gasteiger partial charge is 0.475 e. The van der Waals surface area contributed by atoms with Gasteiger partial charge in [0.05, 0.1) is 31.7 Å². The molecule has 10 nitrogen and oxygen atoms in total. The van der Waals surface area contributed by atoms with Crippen molar-refractivity contribution in [2.75, 3.05) is 31.2 Å². The quantitative estimate of drug-likeness (QED) is 0.497. The molecule has 2 fully saturated rings. The Balaban J connectivity index is 0.000000333. The van der Waals surface area contributed by atoms with Crippen molar-refractivity contribution in [3.8, 4) is 0 Å². The minimum Gasteiger partial charge on any atom is -0.475 e. The predicted octanol–water partition coefficient (Wildman–Crippen LogP) is 3.87. The highest BCUT2D eigenvalue weighted by Gasteiger charge is 2.47. The number of pyridine rings is 1. The number of nitrogens with zero attached hydrogens (tertiary/aromatic N) is 4. The maximum Gasteiger partial charge on any atom is 0.490 e. The molecular weight excluding hydrogens is 561 g/mol. The lowest BCUT2D eigenvalue weighted by Crippen LogP contribution is -2.57. The van der Waals surface area contributed by atoms with E-state index in [0.717, 1.165) is 44.5 Å². The maximum atomic E-state index is 13.1. The molecule has 0 radical (unpaired) electrons. The van der Waals surface area contributed by atoms with E-state index in [1.807, 2.05) is 12.1 Å². The van der Waals surface area contributed by atoms with Gasteiger partial charge in [-0.15, -0.1) is 0 Å². The third kappa shape index (κ3) is 10.2. The molecule has 2 N–H and O–H groups in total. The molecule has 0 amide bonds. The molecule has 0 bridgehead atoms. The monoisotopic (exact) mass is 586 g/mol. The highest BCUT2D eigenvalue weighted by molar-refractivity contribution is 5.73. The topological polar surface area (TPSA) is 135 Å². The van der Waals surface area contributed by atoms with Crippen molar-refractivity contribution >= 4 is 17.9 Å². The van der Waals surface area contributed by atoms with Crippen molar-refractivity contribution in [3.05, 3.63) is 48.3 Å². The summed E-state index contributed by atoms with van der Waals surface area (Å²) in [5.41, 5.74) is 1.03. The van der Waals surface area contributed by atoms with Crippen LogP contribution in [-0.4, -0.2) is 81.9 Å². The van der Waals surface area contributed by atoms with Crippen molar-refractivity contribution in [1.82, 2.24) is 15.0 Å². The zero-order valence-corrected chi connectivity index (χ0v) is 20.7. The third-order valence-corrected chi connectivity index (χ3v) is 5.77. The number of piperidine rings is 1. The van der Waals surface area contributed by atoms with Gasteiger partial charge in [-0.2, -0.15) is 26.3 Å². The van der Waals surface area contributed by atoms with Gasteiger partial charge in [0.1, 0.15) is 0 Å². The van der Waals surface area contributed by atoms with Crippen LogP contribution in [0.4, 0.5) is 36.7 Å². The van der Waals surface area contributed by atoms with E-state index in [-0.39, 0.29) is 11.5 Å².